The number of esters is 1. The first-order chi connectivity index (χ1) is 13.3. The first-order valence-electron chi connectivity index (χ1n) is 7.85. The molecule has 0 saturated carbocycles. The first kappa shape index (κ1) is 19.0. The number of nitro groups is 1. The van der Waals surface area contributed by atoms with Crippen LogP contribution in [0.4, 0.5) is 20.2 Å². The predicted molar refractivity (Wildman–Crippen MR) is 89.4 cm³/mol. The second kappa shape index (κ2) is 7.86. The number of rotatable bonds is 5. The van der Waals surface area contributed by atoms with E-state index in [1.807, 2.05) is 5.32 Å². The predicted octanol–water partition coefficient (Wildman–Crippen LogP) is 2.44. The second-order valence-corrected chi connectivity index (χ2v) is 5.52. The molecule has 0 saturated heterocycles. The van der Waals surface area contributed by atoms with E-state index in [4.69, 9.17) is 14.2 Å². The van der Waals surface area contributed by atoms with Crippen LogP contribution >= 0.6 is 0 Å². The van der Waals surface area contributed by atoms with Gasteiger partial charge in [0, 0.05) is 12.1 Å². The normalized spacial score (nSPS) is 12.2. The minimum atomic E-state index is -1.17. The number of nitro benzene ring substituents is 1. The molecule has 1 heterocycles. The Bertz CT molecular complexity index is 965. The molecule has 28 heavy (non-hydrogen) atoms. The van der Waals surface area contributed by atoms with E-state index in [1.54, 1.807) is 0 Å². The van der Waals surface area contributed by atoms with Crippen molar-refractivity contribution in [3.05, 3.63) is 57.6 Å². The SMILES string of the molecule is O=C(COC(=O)c1cc2c(cc1[N+](=O)[O-])OCCO2)Nc1cc(F)ccc1F. The van der Waals surface area contributed by atoms with Crippen LogP contribution in [0.3, 0.4) is 0 Å². The van der Waals surface area contributed by atoms with Crippen molar-refractivity contribution in [2.24, 2.45) is 0 Å². The summed E-state index contributed by atoms with van der Waals surface area (Å²) in [6.45, 7) is -0.480. The van der Waals surface area contributed by atoms with Crippen molar-refractivity contribution in [1.82, 2.24) is 0 Å². The van der Waals surface area contributed by atoms with Gasteiger partial charge in [-0.2, -0.15) is 0 Å². The monoisotopic (exact) mass is 394 g/mol. The molecule has 3 rings (SSSR count). The lowest BCUT2D eigenvalue weighted by Gasteiger charge is -2.18. The van der Waals surface area contributed by atoms with Gasteiger partial charge in [0.05, 0.1) is 16.7 Å². The molecule has 0 atom stereocenters. The van der Waals surface area contributed by atoms with Gasteiger partial charge in [-0.1, -0.05) is 0 Å². The van der Waals surface area contributed by atoms with Crippen molar-refractivity contribution in [3.63, 3.8) is 0 Å². The van der Waals surface area contributed by atoms with Crippen LogP contribution in [0.25, 0.3) is 0 Å². The average molecular weight is 394 g/mol. The maximum Gasteiger partial charge on any atom is 0.345 e. The Morgan fingerprint density at radius 3 is 2.50 bits per heavy atom. The number of carbonyl (C=O) groups excluding carboxylic acids is 2. The summed E-state index contributed by atoms with van der Waals surface area (Å²) in [6.07, 6.45) is 0. The Hall–Kier alpha value is -3.76. The number of fused-ring (bicyclic) bond motifs is 1. The molecular formula is C17H12F2N2O7. The summed E-state index contributed by atoms with van der Waals surface area (Å²) in [6, 6.07) is 4.54. The Balaban J connectivity index is 1.71. The molecular weight excluding hydrogens is 382 g/mol. The van der Waals surface area contributed by atoms with E-state index in [9.17, 15) is 28.5 Å². The Morgan fingerprint density at radius 2 is 1.82 bits per heavy atom. The Labute approximate surface area is 156 Å². The molecule has 0 fully saturated rings. The summed E-state index contributed by atoms with van der Waals surface area (Å²) >= 11 is 0. The third kappa shape index (κ3) is 4.14. The van der Waals surface area contributed by atoms with Crippen molar-refractivity contribution >= 4 is 23.3 Å². The summed E-state index contributed by atoms with van der Waals surface area (Å²) < 4.78 is 41.8. The molecule has 1 aliphatic rings. The number of benzene rings is 2. The third-order valence-corrected chi connectivity index (χ3v) is 3.61. The van der Waals surface area contributed by atoms with Crippen molar-refractivity contribution in [3.8, 4) is 11.5 Å². The highest BCUT2D eigenvalue weighted by Crippen LogP contribution is 2.36. The molecule has 1 aliphatic heterocycles. The number of halogens is 2. The first-order valence-corrected chi connectivity index (χ1v) is 7.85. The molecule has 1 amide bonds. The number of hydrogen-bond acceptors (Lipinski definition) is 7. The van der Waals surface area contributed by atoms with Gasteiger partial charge >= 0.3 is 5.97 Å². The molecule has 9 nitrogen and oxygen atoms in total. The molecule has 2 aromatic rings. The maximum atomic E-state index is 13.5. The van der Waals surface area contributed by atoms with Crippen molar-refractivity contribution in [1.29, 1.82) is 0 Å². The molecule has 0 unspecified atom stereocenters. The van der Waals surface area contributed by atoms with Gasteiger partial charge in [0.15, 0.2) is 18.1 Å². The number of carbonyl (C=O) groups is 2. The van der Waals surface area contributed by atoms with Crippen molar-refractivity contribution < 1.29 is 37.5 Å². The van der Waals surface area contributed by atoms with Crippen LogP contribution < -0.4 is 14.8 Å². The molecule has 146 valence electrons. The topological polar surface area (TPSA) is 117 Å². The number of nitrogens with zero attached hydrogens (tertiary/aromatic N) is 1. The van der Waals surface area contributed by atoms with Gasteiger partial charge in [-0.3, -0.25) is 14.9 Å². The second-order valence-electron chi connectivity index (χ2n) is 5.52. The van der Waals surface area contributed by atoms with Gasteiger partial charge in [0.25, 0.3) is 11.6 Å². The quantitative estimate of drug-likeness (QED) is 0.470. The van der Waals surface area contributed by atoms with E-state index in [0.717, 1.165) is 30.3 Å². The third-order valence-electron chi connectivity index (χ3n) is 3.61. The van der Waals surface area contributed by atoms with Gasteiger partial charge in [0.1, 0.15) is 30.4 Å². The lowest BCUT2D eigenvalue weighted by molar-refractivity contribution is -0.385. The van der Waals surface area contributed by atoms with Crippen LogP contribution in [0.15, 0.2) is 30.3 Å². The Kier molecular flexibility index (Phi) is 5.34. The number of hydrogen-bond donors (Lipinski definition) is 1. The number of anilines is 1. The van der Waals surface area contributed by atoms with Gasteiger partial charge in [0.2, 0.25) is 0 Å². The smallest absolute Gasteiger partial charge is 0.345 e. The summed E-state index contributed by atoms with van der Waals surface area (Å²) in [7, 11) is 0. The van der Waals surface area contributed by atoms with E-state index in [-0.39, 0.29) is 24.7 Å². The lowest BCUT2D eigenvalue weighted by atomic mass is 10.1. The van der Waals surface area contributed by atoms with Crippen molar-refractivity contribution in [2.75, 3.05) is 25.1 Å². The zero-order chi connectivity index (χ0) is 20.3. The van der Waals surface area contributed by atoms with E-state index < -0.39 is 52.0 Å². The summed E-state index contributed by atoms with van der Waals surface area (Å²) in [5.41, 5.74) is -1.48. The van der Waals surface area contributed by atoms with Crippen LogP contribution in [0.1, 0.15) is 10.4 Å². The minimum Gasteiger partial charge on any atom is -0.486 e. The van der Waals surface area contributed by atoms with Gasteiger partial charge < -0.3 is 19.5 Å². The highest BCUT2D eigenvalue weighted by atomic mass is 19.1. The summed E-state index contributed by atoms with van der Waals surface area (Å²) in [5.74, 6) is -3.57. The molecule has 0 spiro atoms. The largest absolute Gasteiger partial charge is 0.486 e. The molecule has 11 heteroatoms. The molecule has 0 bridgehead atoms. The average Bonchev–Trinajstić information content (AvgIpc) is 2.67. The van der Waals surface area contributed by atoms with Crippen molar-refractivity contribution in [2.45, 2.75) is 0 Å². The number of ether oxygens (including phenoxy) is 3. The zero-order valence-electron chi connectivity index (χ0n) is 14.1. The zero-order valence-corrected chi connectivity index (χ0v) is 14.1. The fourth-order valence-electron chi connectivity index (χ4n) is 2.38. The Morgan fingerprint density at radius 1 is 1.14 bits per heavy atom. The highest BCUT2D eigenvalue weighted by molar-refractivity contribution is 5.98. The molecule has 0 radical (unpaired) electrons. The number of amides is 1. The van der Waals surface area contributed by atoms with Crippen LogP contribution in [-0.2, 0) is 9.53 Å². The van der Waals surface area contributed by atoms with Crippen LogP contribution in [0, 0.1) is 21.7 Å². The van der Waals surface area contributed by atoms with E-state index in [0.29, 0.717) is 0 Å². The molecule has 0 aromatic heterocycles. The molecule has 2 aromatic carbocycles. The summed E-state index contributed by atoms with van der Waals surface area (Å²) in [5, 5.41) is 13.2. The lowest BCUT2D eigenvalue weighted by Crippen LogP contribution is -2.22. The maximum absolute atomic E-state index is 13.5. The molecule has 1 N–H and O–H groups in total. The van der Waals surface area contributed by atoms with Gasteiger partial charge in [-0.15, -0.1) is 0 Å². The molecule has 0 aliphatic carbocycles. The summed E-state index contributed by atoms with van der Waals surface area (Å²) in [4.78, 5) is 34.4. The number of nitrogens with one attached hydrogen (secondary N) is 1. The van der Waals surface area contributed by atoms with E-state index >= 15 is 0 Å². The van der Waals surface area contributed by atoms with E-state index in [2.05, 4.69) is 0 Å². The minimum absolute atomic E-state index is 0.105. The fraction of sp³-hybridized carbons (Fsp3) is 0.176. The van der Waals surface area contributed by atoms with Gasteiger partial charge in [-0.05, 0) is 12.1 Å². The van der Waals surface area contributed by atoms with E-state index in [1.165, 1.54) is 0 Å². The van der Waals surface area contributed by atoms with Crippen LogP contribution in [-0.4, -0.2) is 36.6 Å². The fourth-order valence-corrected chi connectivity index (χ4v) is 2.38. The van der Waals surface area contributed by atoms with Crippen LogP contribution in [0.5, 0.6) is 11.5 Å². The van der Waals surface area contributed by atoms with Crippen LogP contribution in [0.2, 0.25) is 0 Å². The standard InChI is InChI=1S/C17H12F2N2O7/c18-9-1-2-11(19)12(5-9)20-16(22)8-28-17(23)10-6-14-15(27-4-3-26-14)7-13(10)21(24)25/h1-2,5-7H,3-4,8H2,(H,20,22). The highest BCUT2D eigenvalue weighted by Gasteiger charge is 2.27. The van der Waals surface area contributed by atoms with Gasteiger partial charge in [-0.25, -0.2) is 13.6 Å².